The van der Waals surface area contributed by atoms with E-state index in [2.05, 4.69) is 5.32 Å². The molecule has 0 unspecified atom stereocenters. The third kappa shape index (κ3) is 4.31. The molecule has 1 aromatic carbocycles. The van der Waals surface area contributed by atoms with Crippen LogP contribution in [0.3, 0.4) is 0 Å². The monoisotopic (exact) mass is 296 g/mol. The maximum absolute atomic E-state index is 10.5. The first-order valence-corrected chi connectivity index (χ1v) is 7.08. The van der Waals surface area contributed by atoms with E-state index in [1.165, 1.54) is 17.0 Å². The van der Waals surface area contributed by atoms with Crippen molar-refractivity contribution in [3.8, 4) is 0 Å². The number of hydrogen-bond acceptors (Lipinski definition) is 4. The van der Waals surface area contributed by atoms with Crippen molar-refractivity contribution < 1.29 is 4.92 Å². The van der Waals surface area contributed by atoms with Crippen LogP contribution in [0.5, 0.6) is 0 Å². The number of rotatable bonds is 6. The molecule has 1 N–H and O–H groups in total. The molecular weight excluding hydrogens is 284 g/mol. The summed E-state index contributed by atoms with van der Waals surface area (Å²) >= 11 is 7.47. The first kappa shape index (κ1) is 14.0. The van der Waals surface area contributed by atoms with Crippen molar-refractivity contribution in [2.45, 2.75) is 13.0 Å². The van der Waals surface area contributed by atoms with Crippen LogP contribution in [0, 0.1) is 10.1 Å². The van der Waals surface area contributed by atoms with Gasteiger partial charge < -0.3 is 5.32 Å². The van der Waals surface area contributed by atoms with Gasteiger partial charge in [0.25, 0.3) is 5.69 Å². The lowest BCUT2D eigenvalue weighted by atomic mass is 10.1. The maximum atomic E-state index is 10.5. The topological polar surface area (TPSA) is 55.2 Å². The Labute approximate surface area is 120 Å². The minimum absolute atomic E-state index is 0.130. The predicted octanol–water partition coefficient (Wildman–Crippen LogP) is 3.64. The molecule has 0 fully saturated rings. The number of nitro groups is 1. The van der Waals surface area contributed by atoms with E-state index in [1.54, 1.807) is 23.5 Å². The Morgan fingerprint density at radius 1 is 1.32 bits per heavy atom. The van der Waals surface area contributed by atoms with E-state index in [9.17, 15) is 10.1 Å². The highest BCUT2D eigenvalue weighted by molar-refractivity contribution is 7.10. The lowest BCUT2D eigenvalue weighted by Crippen LogP contribution is -2.15. The van der Waals surface area contributed by atoms with Crippen molar-refractivity contribution in [1.29, 1.82) is 0 Å². The first-order chi connectivity index (χ1) is 9.15. The molecule has 6 heteroatoms. The quantitative estimate of drug-likeness (QED) is 0.503. The molecular formula is C13H13ClN2O2S. The number of non-ortho nitro benzene ring substituents is 1. The molecule has 19 heavy (non-hydrogen) atoms. The molecule has 2 aromatic rings. The summed E-state index contributed by atoms with van der Waals surface area (Å²) in [4.78, 5) is 11.3. The Morgan fingerprint density at radius 3 is 2.63 bits per heavy atom. The van der Waals surface area contributed by atoms with Gasteiger partial charge in [0.1, 0.15) is 0 Å². The minimum atomic E-state index is -0.386. The highest BCUT2D eigenvalue weighted by Crippen LogP contribution is 2.18. The third-order valence-corrected chi connectivity index (χ3v) is 3.94. The Balaban J connectivity index is 1.75. The molecule has 0 bridgehead atoms. The number of benzene rings is 1. The van der Waals surface area contributed by atoms with E-state index in [4.69, 9.17) is 11.6 Å². The summed E-state index contributed by atoms with van der Waals surface area (Å²) in [5, 5.41) is 16.5. The lowest BCUT2D eigenvalue weighted by Gasteiger charge is -2.03. The lowest BCUT2D eigenvalue weighted by molar-refractivity contribution is -0.384. The van der Waals surface area contributed by atoms with Gasteiger partial charge in [-0.2, -0.15) is 0 Å². The summed E-state index contributed by atoms with van der Waals surface area (Å²) in [7, 11) is 0. The SMILES string of the molecule is O=[N+]([O-])c1ccc(CCNCc2cc(Cl)cs2)cc1. The summed E-state index contributed by atoms with van der Waals surface area (Å²) in [5.41, 5.74) is 1.22. The van der Waals surface area contributed by atoms with Gasteiger partial charge in [0.05, 0.1) is 9.95 Å². The smallest absolute Gasteiger partial charge is 0.269 e. The third-order valence-electron chi connectivity index (χ3n) is 2.66. The van der Waals surface area contributed by atoms with Crippen molar-refractivity contribution >= 4 is 28.6 Å². The number of nitro benzene ring substituents is 1. The molecule has 0 radical (unpaired) electrons. The van der Waals surface area contributed by atoms with Crippen LogP contribution in [0.25, 0.3) is 0 Å². The number of thiophene rings is 1. The standard InChI is InChI=1S/C13H13ClN2O2S/c14-11-7-13(19-9-11)8-15-6-5-10-1-3-12(4-2-10)16(17)18/h1-4,7,9,15H,5-6,8H2. The Hall–Kier alpha value is -1.43. The molecule has 0 saturated carbocycles. The fourth-order valence-electron chi connectivity index (χ4n) is 1.68. The fraction of sp³-hybridized carbons (Fsp3) is 0.231. The first-order valence-electron chi connectivity index (χ1n) is 5.82. The predicted molar refractivity (Wildman–Crippen MR) is 77.8 cm³/mol. The second-order valence-corrected chi connectivity index (χ2v) is 5.51. The normalized spacial score (nSPS) is 10.6. The van der Waals surface area contributed by atoms with Gasteiger partial charge in [-0.15, -0.1) is 11.3 Å². The zero-order valence-corrected chi connectivity index (χ0v) is 11.7. The maximum Gasteiger partial charge on any atom is 0.269 e. The van der Waals surface area contributed by atoms with Crippen molar-refractivity contribution in [2.75, 3.05) is 6.54 Å². The van der Waals surface area contributed by atoms with E-state index >= 15 is 0 Å². The zero-order chi connectivity index (χ0) is 13.7. The van der Waals surface area contributed by atoms with Crippen LogP contribution in [0.4, 0.5) is 5.69 Å². The summed E-state index contributed by atoms with van der Waals surface area (Å²) < 4.78 is 0. The van der Waals surface area contributed by atoms with Gasteiger partial charge in [-0.05, 0) is 24.6 Å². The Kier molecular flexibility index (Phi) is 4.90. The van der Waals surface area contributed by atoms with Crippen molar-refractivity contribution in [1.82, 2.24) is 5.32 Å². The van der Waals surface area contributed by atoms with Gasteiger partial charge in [0, 0.05) is 28.9 Å². The fourth-order valence-corrected chi connectivity index (χ4v) is 2.72. The van der Waals surface area contributed by atoms with Crippen LogP contribution in [-0.4, -0.2) is 11.5 Å². The van der Waals surface area contributed by atoms with Crippen molar-refractivity contribution in [2.24, 2.45) is 0 Å². The summed E-state index contributed by atoms with van der Waals surface area (Å²) in [6.07, 6.45) is 0.844. The molecule has 0 aliphatic carbocycles. The molecule has 0 aliphatic rings. The van der Waals surface area contributed by atoms with E-state index in [0.717, 1.165) is 30.1 Å². The van der Waals surface area contributed by atoms with Crippen LogP contribution in [0.1, 0.15) is 10.4 Å². The van der Waals surface area contributed by atoms with E-state index in [0.29, 0.717) is 0 Å². The van der Waals surface area contributed by atoms with Crippen LogP contribution >= 0.6 is 22.9 Å². The number of nitrogens with one attached hydrogen (secondary N) is 1. The van der Waals surface area contributed by atoms with Crippen molar-refractivity contribution in [3.05, 3.63) is 61.3 Å². The van der Waals surface area contributed by atoms with E-state index in [1.807, 2.05) is 11.4 Å². The number of hydrogen-bond donors (Lipinski definition) is 1. The summed E-state index contributed by atoms with van der Waals surface area (Å²) in [6.45, 7) is 1.62. The zero-order valence-electron chi connectivity index (χ0n) is 10.1. The van der Waals surface area contributed by atoms with Gasteiger partial charge in [-0.25, -0.2) is 0 Å². The van der Waals surface area contributed by atoms with Gasteiger partial charge >= 0.3 is 0 Å². The molecule has 1 heterocycles. The Bertz CT molecular complexity index is 554. The minimum Gasteiger partial charge on any atom is -0.312 e. The van der Waals surface area contributed by atoms with Crippen LogP contribution < -0.4 is 5.32 Å². The summed E-state index contributed by atoms with van der Waals surface area (Å²) in [5.74, 6) is 0. The molecule has 0 saturated heterocycles. The van der Waals surface area contributed by atoms with Crippen molar-refractivity contribution in [3.63, 3.8) is 0 Å². The largest absolute Gasteiger partial charge is 0.312 e. The molecule has 0 amide bonds. The number of nitrogens with zero attached hydrogens (tertiary/aromatic N) is 1. The molecule has 100 valence electrons. The average molecular weight is 297 g/mol. The molecule has 0 aliphatic heterocycles. The average Bonchev–Trinajstić information content (AvgIpc) is 2.81. The number of halogens is 1. The van der Waals surface area contributed by atoms with Crippen LogP contribution in [0.15, 0.2) is 35.7 Å². The van der Waals surface area contributed by atoms with Crippen LogP contribution in [-0.2, 0) is 13.0 Å². The van der Waals surface area contributed by atoms with E-state index in [-0.39, 0.29) is 10.6 Å². The highest BCUT2D eigenvalue weighted by Gasteiger charge is 2.03. The summed E-state index contributed by atoms with van der Waals surface area (Å²) in [6, 6.07) is 8.61. The van der Waals surface area contributed by atoms with Crippen LogP contribution in [0.2, 0.25) is 5.02 Å². The second-order valence-electron chi connectivity index (χ2n) is 4.08. The highest BCUT2D eigenvalue weighted by atomic mass is 35.5. The molecule has 2 rings (SSSR count). The van der Waals surface area contributed by atoms with E-state index < -0.39 is 0 Å². The molecule has 0 atom stereocenters. The Morgan fingerprint density at radius 2 is 2.05 bits per heavy atom. The second kappa shape index (κ2) is 6.65. The molecule has 4 nitrogen and oxygen atoms in total. The van der Waals surface area contributed by atoms with Gasteiger partial charge in [-0.3, -0.25) is 10.1 Å². The van der Waals surface area contributed by atoms with Gasteiger partial charge in [0.2, 0.25) is 0 Å². The molecule has 0 spiro atoms. The van der Waals surface area contributed by atoms with Gasteiger partial charge in [0.15, 0.2) is 0 Å². The molecule has 1 aromatic heterocycles. The van der Waals surface area contributed by atoms with Gasteiger partial charge in [-0.1, -0.05) is 23.7 Å².